The fraction of sp³-hybridized carbons (Fsp3) is 0.125. The highest BCUT2D eigenvalue weighted by molar-refractivity contribution is 5.98. The second-order valence-corrected chi connectivity index (χ2v) is 7.13. The molecule has 31 heavy (non-hydrogen) atoms. The number of carbonyl (C=O) groups excluding carboxylic acids is 1. The summed E-state index contributed by atoms with van der Waals surface area (Å²) in [5, 5.41) is 10.8. The van der Waals surface area contributed by atoms with Gasteiger partial charge in [-0.3, -0.25) is 10.1 Å². The fourth-order valence-corrected chi connectivity index (χ4v) is 3.66. The zero-order chi connectivity index (χ0) is 21.2. The van der Waals surface area contributed by atoms with Gasteiger partial charge in [0.2, 0.25) is 11.8 Å². The number of fused-ring (bicyclic) bond motifs is 2. The van der Waals surface area contributed by atoms with Gasteiger partial charge in [0.25, 0.3) is 0 Å². The first-order valence-electron chi connectivity index (χ1n) is 9.83. The van der Waals surface area contributed by atoms with Crippen molar-refractivity contribution in [1.82, 2.24) is 10.2 Å². The van der Waals surface area contributed by atoms with Crippen LogP contribution in [0.3, 0.4) is 0 Å². The summed E-state index contributed by atoms with van der Waals surface area (Å²) in [7, 11) is 1.62. The Hall–Kier alpha value is -4.13. The minimum Gasteiger partial charge on any atom is -0.497 e. The molecule has 0 bridgehead atoms. The minimum absolute atomic E-state index is 0.0648. The zero-order valence-electron chi connectivity index (χ0n) is 16.7. The van der Waals surface area contributed by atoms with Crippen LogP contribution in [0.25, 0.3) is 0 Å². The number of para-hydroxylation sites is 2. The van der Waals surface area contributed by atoms with Crippen LogP contribution in [-0.4, -0.2) is 23.2 Å². The molecule has 0 aliphatic carbocycles. The van der Waals surface area contributed by atoms with Crippen molar-refractivity contribution < 1.29 is 18.7 Å². The number of amides is 1. The van der Waals surface area contributed by atoms with Crippen LogP contribution >= 0.6 is 0 Å². The molecule has 0 saturated carbocycles. The Morgan fingerprint density at radius 3 is 2.23 bits per heavy atom. The van der Waals surface area contributed by atoms with Crippen molar-refractivity contribution in [2.24, 2.45) is 0 Å². The van der Waals surface area contributed by atoms with Crippen molar-refractivity contribution in [3.8, 4) is 17.2 Å². The lowest BCUT2D eigenvalue weighted by atomic mass is 9.87. The highest BCUT2D eigenvalue weighted by atomic mass is 16.5. The number of ether oxygens (including phenoxy) is 2. The summed E-state index contributed by atoms with van der Waals surface area (Å²) in [6.07, 6.45) is 0.454. The predicted octanol–water partition coefficient (Wildman–Crippen LogP) is 4.55. The summed E-state index contributed by atoms with van der Waals surface area (Å²) >= 11 is 0. The second kappa shape index (κ2) is 7.95. The Kier molecular flexibility index (Phi) is 4.84. The molecule has 1 aliphatic rings. The van der Waals surface area contributed by atoms with Crippen LogP contribution in [0.4, 0.5) is 6.01 Å². The summed E-state index contributed by atoms with van der Waals surface area (Å²) in [5.74, 6) is 1.70. The molecular weight excluding hydrogens is 394 g/mol. The van der Waals surface area contributed by atoms with Gasteiger partial charge in [0.15, 0.2) is 0 Å². The molecular formula is C24H19N3O4. The van der Waals surface area contributed by atoms with Gasteiger partial charge in [-0.05, 0) is 29.8 Å². The molecule has 0 atom stereocenters. The van der Waals surface area contributed by atoms with Crippen molar-refractivity contribution >= 4 is 11.9 Å². The number of methoxy groups -OCH3 is 1. The van der Waals surface area contributed by atoms with Crippen LogP contribution in [0.5, 0.6) is 17.2 Å². The van der Waals surface area contributed by atoms with Crippen LogP contribution in [0, 0.1) is 0 Å². The molecule has 1 aliphatic heterocycles. The maximum atomic E-state index is 13.2. The van der Waals surface area contributed by atoms with E-state index >= 15 is 0 Å². The molecule has 7 heteroatoms. The molecule has 4 aromatic rings. The maximum Gasteiger partial charge on any atom is 0.322 e. The number of anilines is 1. The average molecular weight is 413 g/mol. The van der Waals surface area contributed by atoms with Crippen molar-refractivity contribution in [2.45, 2.75) is 12.3 Å². The van der Waals surface area contributed by atoms with E-state index < -0.39 is 5.92 Å². The smallest absolute Gasteiger partial charge is 0.322 e. The first-order chi connectivity index (χ1) is 15.2. The maximum absolute atomic E-state index is 13.2. The minimum atomic E-state index is -0.543. The topological polar surface area (TPSA) is 86.5 Å². The van der Waals surface area contributed by atoms with E-state index in [-0.39, 0.29) is 11.9 Å². The fourth-order valence-electron chi connectivity index (χ4n) is 3.66. The third-order valence-corrected chi connectivity index (χ3v) is 5.15. The number of nitrogens with zero attached hydrogens (tertiary/aromatic N) is 2. The molecule has 1 aromatic heterocycles. The van der Waals surface area contributed by atoms with Crippen LogP contribution in [-0.2, 0) is 11.2 Å². The number of benzene rings is 3. The van der Waals surface area contributed by atoms with Gasteiger partial charge in [0.1, 0.15) is 17.2 Å². The Bertz CT molecular complexity index is 1190. The van der Waals surface area contributed by atoms with E-state index in [0.29, 0.717) is 23.8 Å². The lowest BCUT2D eigenvalue weighted by molar-refractivity contribution is -0.117. The Morgan fingerprint density at radius 2 is 1.58 bits per heavy atom. The van der Waals surface area contributed by atoms with Crippen molar-refractivity contribution in [3.63, 3.8) is 0 Å². The SMILES string of the molecule is COc1ccc(Cc2nnc(NC(=O)C3c4ccccc4Oc4ccccc43)o2)cc1. The summed E-state index contributed by atoms with van der Waals surface area (Å²) in [5.41, 5.74) is 2.57. The normalized spacial score (nSPS) is 12.4. The van der Waals surface area contributed by atoms with Gasteiger partial charge in [-0.1, -0.05) is 53.6 Å². The van der Waals surface area contributed by atoms with E-state index in [4.69, 9.17) is 13.9 Å². The molecule has 1 amide bonds. The number of aromatic nitrogens is 2. The van der Waals surface area contributed by atoms with Crippen LogP contribution in [0.15, 0.2) is 77.2 Å². The monoisotopic (exact) mass is 413 g/mol. The summed E-state index contributed by atoms with van der Waals surface area (Å²) in [6.45, 7) is 0. The van der Waals surface area contributed by atoms with Gasteiger partial charge < -0.3 is 13.9 Å². The van der Waals surface area contributed by atoms with E-state index in [1.807, 2.05) is 72.8 Å². The number of hydrogen-bond acceptors (Lipinski definition) is 6. The van der Waals surface area contributed by atoms with Crippen molar-refractivity contribution in [1.29, 1.82) is 0 Å². The molecule has 0 saturated heterocycles. The number of carbonyl (C=O) groups is 1. The number of hydrogen-bond donors (Lipinski definition) is 1. The summed E-state index contributed by atoms with van der Waals surface area (Å²) in [4.78, 5) is 13.2. The quantitative estimate of drug-likeness (QED) is 0.517. The molecule has 0 radical (unpaired) electrons. The molecule has 1 N–H and O–H groups in total. The van der Waals surface area contributed by atoms with Crippen molar-refractivity contribution in [3.05, 3.63) is 95.4 Å². The molecule has 154 valence electrons. The van der Waals surface area contributed by atoms with E-state index in [9.17, 15) is 4.79 Å². The molecule has 0 spiro atoms. The first kappa shape index (κ1) is 18.9. The van der Waals surface area contributed by atoms with E-state index in [1.54, 1.807) is 7.11 Å². The van der Waals surface area contributed by atoms with E-state index in [2.05, 4.69) is 15.5 Å². The van der Waals surface area contributed by atoms with Crippen LogP contribution in [0.2, 0.25) is 0 Å². The molecule has 3 aromatic carbocycles. The van der Waals surface area contributed by atoms with Crippen molar-refractivity contribution in [2.75, 3.05) is 12.4 Å². The third kappa shape index (κ3) is 3.73. The molecule has 0 fully saturated rings. The lowest BCUT2D eigenvalue weighted by Crippen LogP contribution is -2.25. The summed E-state index contributed by atoms with van der Waals surface area (Å²) in [6, 6.07) is 22.7. The Labute approximate surface area is 178 Å². The molecule has 2 heterocycles. The lowest BCUT2D eigenvalue weighted by Gasteiger charge is -2.26. The number of nitrogens with one attached hydrogen (secondary N) is 1. The highest BCUT2D eigenvalue weighted by Crippen LogP contribution is 2.44. The first-order valence-corrected chi connectivity index (χ1v) is 9.83. The second-order valence-electron chi connectivity index (χ2n) is 7.13. The standard InChI is InChI=1S/C24H19N3O4/c1-29-16-12-10-15(11-13-16)14-21-26-27-24(31-21)25-23(28)22-17-6-2-4-8-19(17)30-20-9-5-3-7-18(20)22/h2-13,22H,14H2,1H3,(H,25,27,28). The Morgan fingerprint density at radius 1 is 0.935 bits per heavy atom. The van der Waals surface area contributed by atoms with Gasteiger partial charge in [-0.25, -0.2) is 0 Å². The Balaban J connectivity index is 1.36. The third-order valence-electron chi connectivity index (χ3n) is 5.15. The number of rotatable bonds is 5. The van der Waals surface area contributed by atoms with Crippen LogP contribution < -0.4 is 14.8 Å². The molecule has 5 rings (SSSR count). The van der Waals surface area contributed by atoms with Gasteiger partial charge in [-0.2, -0.15) is 0 Å². The zero-order valence-corrected chi connectivity index (χ0v) is 16.7. The van der Waals surface area contributed by atoms with Gasteiger partial charge in [-0.15, -0.1) is 5.10 Å². The van der Waals surface area contributed by atoms with E-state index in [0.717, 1.165) is 22.4 Å². The molecule has 7 nitrogen and oxygen atoms in total. The summed E-state index contributed by atoms with van der Waals surface area (Å²) < 4.78 is 16.8. The molecule has 0 unspecified atom stereocenters. The van der Waals surface area contributed by atoms with E-state index in [1.165, 1.54) is 0 Å². The van der Waals surface area contributed by atoms with Gasteiger partial charge in [0, 0.05) is 11.1 Å². The van der Waals surface area contributed by atoms with Gasteiger partial charge in [0.05, 0.1) is 19.4 Å². The largest absolute Gasteiger partial charge is 0.497 e. The average Bonchev–Trinajstić information content (AvgIpc) is 3.24. The van der Waals surface area contributed by atoms with Gasteiger partial charge >= 0.3 is 6.01 Å². The predicted molar refractivity (Wildman–Crippen MR) is 114 cm³/mol. The van der Waals surface area contributed by atoms with Crippen LogP contribution in [0.1, 0.15) is 28.5 Å². The highest BCUT2D eigenvalue weighted by Gasteiger charge is 2.33.